The summed E-state index contributed by atoms with van der Waals surface area (Å²) in [7, 11) is 0. The SMILES string of the molecule is O=C(Cc1cccc(F)c1)N1CCCN(C(=O)C[C@H]2C=CCC2)CC1. The molecule has 25 heavy (non-hydrogen) atoms. The minimum Gasteiger partial charge on any atom is -0.341 e. The van der Waals surface area contributed by atoms with Gasteiger partial charge in [-0.25, -0.2) is 4.39 Å². The first-order valence-electron chi connectivity index (χ1n) is 9.08. The van der Waals surface area contributed by atoms with Gasteiger partial charge in [0.1, 0.15) is 5.82 Å². The molecule has 2 amide bonds. The number of allylic oxidation sites excluding steroid dienone is 2. The molecule has 0 unspecified atom stereocenters. The average Bonchev–Trinajstić information content (AvgIpc) is 2.95. The minimum absolute atomic E-state index is 0.00127. The Morgan fingerprint density at radius 2 is 1.84 bits per heavy atom. The van der Waals surface area contributed by atoms with Crippen LogP contribution in [0.2, 0.25) is 0 Å². The van der Waals surface area contributed by atoms with E-state index < -0.39 is 0 Å². The quantitative estimate of drug-likeness (QED) is 0.788. The Kier molecular flexibility index (Phi) is 5.84. The van der Waals surface area contributed by atoms with Gasteiger partial charge in [0.25, 0.3) is 0 Å². The lowest BCUT2D eigenvalue weighted by atomic mass is 10.0. The molecule has 3 rings (SSSR count). The number of carbonyl (C=O) groups excluding carboxylic acids is 2. The van der Waals surface area contributed by atoms with Crippen LogP contribution in [0.4, 0.5) is 4.39 Å². The van der Waals surface area contributed by atoms with Crippen LogP contribution >= 0.6 is 0 Å². The molecule has 0 radical (unpaired) electrons. The topological polar surface area (TPSA) is 40.6 Å². The van der Waals surface area contributed by atoms with Crippen LogP contribution in [0.15, 0.2) is 36.4 Å². The Labute approximate surface area is 148 Å². The van der Waals surface area contributed by atoms with Gasteiger partial charge < -0.3 is 9.80 Å². The zero-order valence-corrected chi connectivity index (χ0v) is 14.5. The number of carbonyl (C=O) groups is 2. The van der Waals surface area contributed by atoms with E-state index in [-0.39, 0.29) is 24.1 Å². The van der Waals surface area contributed by atoms with E-state index in [4.69, 9.17) is 0 Å². The summed E-state index contributed by atoms with van der Waals surface area (Å²) in [4.78, 5) is 28.6. The molecule has 1 atom stereocenters. The van der Waals surface area contributed by atoms with Gasteiger partial charge in [-0.1, -0.05) is 24.3 Å². The zero-order chi connectivity index (χ0) is 17.6. The summed E-state index contributed by atoms with van der Waals surface area (Å²) in [6.45, 7) is 2.50. The maximum absolute atomic E-state index is 13.3. The molecule has 1 fully saturated rings. The van der Waals surface area contributed by atoms with Crippen molar-refractivity contribution in [3.8, 4) is 0 Å². The lowest BCUT2D eigenvalue weighted by Crippen LogP contribution is -2.38. The van der Waals surface area contributed by atoms with E-state index in [9.17, 15) is 14.0 Å². The molecule has 1 saturated heterocycles. The maximum Gasteiger partial charge on any atom is 0.227 e. The fraction of sp³-hybridized carbons (Fsp3) is 0.500. The highest BCUT2D eigenvalue weighted by Gasteiger charge is 2.24. The number of amides is 2. The van der Waals surface area contributed by atoms with E-state index in [1.54, 1.807) is 17.0 Å². The third kappa shape index (κ3) is 4.91. The number of nitrogens with zero attached hydrogens (tertiary/aromatic N) is 2. The van der Waals surface area contributed by atoms with Gasteiger partial charge in [0.15, 0.2) is 0 Å². The Morgan fingerprint density at radius 1 is 1.08 bits per heavy atom. The van der Waals surface area contributed by atoms with Crippen LogP contribution in [0.3, 0.4) is 0 Å². The second-order valence-electron chi connectivity index (χ2n) is 6.89. The van der Waals surface area contributed by atoms with E-state index >= 15 is 0 Å². The standard InChI is InChI=1S/C20H25FN2O2/c21-18-8-3-7-17(13-18)15-20(25)23-10-4-9-22(11-12-23)19(24)14-16-5-1-2-6-16/h1,3,5,7-8,13,16H,2,4,6,9-12,14-15H2/t16-/m0/s1. The highest BCUT2D eigenvalue weighted by molar-refractivity contribution is 5.79. The van der Waals surface area contributed by atoms with Crippen LogP contribution in [-0.4, -0.2) is 47.8 Å². The van der Waals surface area contributed by atoms with Gasteiger partial charge in [0.2, 0.25) is 11.8 Å². The Balaban J connectivity index is 1.51. The van der Waals surface area contributed by atoms with Crippen molar-refractivity contribution in [3.63, 3.8) is 0 Å². The first-order chi connectivity index (χ1) is 12.1. The second-order valence-corrected chi connectivity index (χ2v) is 6.89. The molecule has 5 heteroatoms. The normalized spacial score (nSPS) is 20.6. The first-order valence-corrected chi connectivity index (χ1v) is 9.08. The van der Waals surface area contributed by atoms with Gasteiger partial charge in [0.05, 0.1) is 6.42 Å². The second kappa shape index (κ2) is 8.28. The van der Waals surface area contributed by atoms with Crippen molar-refractivity contribution in [2.24, 2.45) is 5.92 Å². The first kappa shape index (κ1) is 17.6. The van der Waals surface area contributed by atoms with E-state index in [2.05, 4.69) is 12.2 Å². The number of hydrogen-bond acceptors (Lipinski definition) is 2. The lowest BCUT2D eigenvalue weighted by molar-refractivity contribution is -0.133. The highest BCUT2D eigenvalue weighted by Crippen LogP contribution is 2.21. The summed E-state index contributed by atoms with van der Waals surface area (Å²) in [6.07, 6.45) is 8.00. The monoisotopic (exact) mass is 344 g/mol. The number of hydrogen-bond donors (Lipinski definition) is 0. The highest BCUT2D eigenvalue weighted by atomic mass is 19.1. The minimum atomic E-state index is -0.320. The molecule has 0 saturated carbocycles. The third-order valence-corrected chi connectivity index (χ3v) is 4.99. The molecule has 1 aromatic rings. The zero-order valence-electron chi connectivity index (χ0n) is 14.5. The summed E-state index contributed by atoms with van der Waals surface area (Å²) in [5.41, 5.74) is 0.690. The molecule has 0 aromatic heterocycles. The lowest BCUT2D eigenvalue weighted by Gasteiger charge is -2.23. The molecule has 0 bridgehead atoms. The molecule has 0 N–H and O–H groups in total. The van der Waals surface area contributed by atoms with Crippen molar-refractivity contribution in [2.45, 2.75) is 32.1 Å². The van der Waals surface area contributed by atoms with Crippen LogP contribution in [0.25, 0.3) is 0 Å². The molecular formula is C20H25FN2O2. The van der Waals surface area contributed by atoms with Crippen molar-refractivity contribution >= 4 is 11.8 Å². The molecule has 1 aliphatic carbocycles. The van der Waals surface area contributed by atoms with Crippen molar-refractivity contribution in [1.29, 1.82) is 0 Å². The summed E-state index contributed by atoms with van der Waals surface area (Å²) in [5, 5.41) is 0. The Bertz CT molecular complexity index is 659. The summed E-state index contributed by atoms with van der Waals surface area (Å²) in [6, 6.07) is 6.17. The predicted molar refractivity (Wildman–Crippen MR) is 94.4 cm³/mol. The predicted octanol–water partition coefficient (Wildman–Crippen LogP) is 2.79. The van der Waals surface area contributed by atoms with Crippen LogP contribution in [0.5, 0.6) is 0 Å². The molecule has 4 nitrogen and oxygen atoms in total. The fourth-order valence-corrected chi connectivity index (χ4v) is 3.57. The van der Waals surface area contributed by atoms with Crippen molar-refractivity contribution in [2.75, 3.05) is 26.2 Å². The van der Waals surface area contributed by atoms with Gasteiger partial charge >= 0.3 is 0 Å². The van der Waals surface area contributed by atoms with Crippen LogP contribution in [0, 0.1) is 11.7 Å². The molecule has 1 heterocycles. The van der Waals surface area contributed by atoms with E-state index in [1.807, 2.05) is 4.90 Å². The van der Waals surface area contributed by atoms with Crippen LogP contribution in [0.1, 0.15) is 31.2 Å². The van der Waals surface area contributed by atoms with Crippen LogP contribution < -0.4 is 0 Å². The van der Waals surface area contributed by atoms with Gasteiger partial charge in [-0.15, -0.1) is 0 Å². The van der Waals surface area contributed by atoms with E-state index in [1.165, 1.54) is 12.1 Å². The summed E-state index contributed by atoms with van der Waals surface area (Å²) >= 11 is 0. The summed E-state index contributed by atoms with van der Waals surface area (Å²) < 4.78 is 13.3. The van der Waals surface area contributed by atoms with Gasteiger partial charge in [-0.05, 0) is 42.9 Å². The Hall–Kier alpha value is -2.17. The van der Waals surface area contributed by atoms with E-state index in [0.29, 0.717) is 44.1 Å². The van der Waals surface area contributed by atoms with Crippen molar-refractivity contribution in [1.82, 2.24) is 9.80 Å². The third-order valence-electron chi connectivity index (χ3n) is 4.99. The molecule has 2 aliphatic rings. The smallest absolute Gasteiger partial charge is 0.227 e. The average molecular weight is 344 g/mol. The van der Waals surface area contributed by atoms with Crippen molar-refractivity contribution < 1.29 is 14.0 Å². The summed E-state index contributed by atoms with van der Waals surface area (Å²) in [5.74, 6) is 0.245. The largest absolute Gasteiger partial charge is 0.341 e. The van der Waals surface area contributed by atoms with Gasteiger partial charge in [-0.2, -0.15) is 0 Å². The number of benzene rings is 1. The van der Waals surface area contributed by atoms with Gasteiger partial charge in [-0.3, -0.25) is 9.59 Å². The molecular weight excluding hydrogens is 319 g/mol. The fourth-order valence-electron chi connectivity index (χ4n) is 3.57. The Morgan fingerprint density at radius 3 is 2.52 bits per heavy atom. The maximum atomic E-state index is 13.3. The number of halogens is 1. The van der Waals surface area contributed by atoms with Gasteiger partial charge in [0, 0.05) is 32.6 Å². The van der Waals surface area contributed by atoms with E-state index in [0.717, 1.165) is 19.3 Å². The van der Waals surface area contributed by atoms with Crippen molar-refractivity contribution in [3.05, 3.63) is 47.8 Å². The molecule has 1 aromatic carbocycles. The van der Waals surface area contributed by atoms with Crippen LogP contribution in [-0.2, 0) is 16.0 Å². The molecule has 0 spiro atoms. The molecule has 134 valence electrons. The number of rotatable bonds is 4. The molecule has 1 aliphatic heterocycles.